The molecule has 0 saturated heterocycles. The van der Waals surface area contributed by atoms with E-state index in [0.717, 1.165) is 12.8 Å². The predicted molar refractivity (Wildman–Crippen MR) is 45.8 cm³/mol. The molecule has 0 aromatic carbocycles. The number of methoxy groups -OCH3 is 1. The summed E-state index contributed by atoms with van der Waals surface area (Å²) in [5.74, 6) is 0.764. The molecule has 0 radical (unpaired) electrons. The summed E-state index contributed by atoms with van der Waals surface area (Å²) in [7, 11) is 1.73. The van der Waals surface area contributed by atoms with Gasteiger partial charge in [0, 0.05) is 13.5 Å². The van der Waals surface area contributed by atoms with E-state index in [1.54, 1.807) is 13.2 Å². The van der Waals surface area contributed by atoms with Gasteiger partial charge in [0.1, 0.15) is 0 Å². The highest BCUT2D eigenvalue weighted by molar-refractivity contribution is 5.94. The van der Waals surface area contributed by atoms with Gasteiger partial charge in [-0.05, 0) is 37.3 Å². The number of rotatable bonds is 1. The van der Waals surface area contributed by atoms with E-state index in [1.807, 2.05) is 0 Å². The van der Waals surface area contributed by atoms with Crippen LogP contribution >= 0.6 is 0 Å². The summed E-state index contributed by atoms with van der Waals surface area (Å²) in [5.41, 5.74) is 1.09. The first-order valence-corrected chi connectivity index (χ1v) is 4.46. The molecule has 1 saturated carbocycles. The van der Waals surface area contributed by atoms with Crippen molar-refractivity contribution in [2.75, 3.05) is 7.11 Å². The third-order valence-electron chi connectivity index (χ3n) is 3.23. The molecular weight excluding hydrogens is 152 g/mol. The minimum atomic E-state index is -0.142. The van der Waals surface area contributed by atoms with Crippen LogP contribution in [0.3, 0.4) is 0 Å². The maximum absolute atomic E-state index is 11.1. The quantitative estimate of drug-likeness (QED) is 0.592. The van der Waals surface area contributed by atoms with Crippen LogP contribution in [0.15, 0.2) is 11.6 Å². The summed E-state index contributed by atoms with van der Waals surface area (Å²) < 4.78 is 5.44. The Labute approximate surface area is 72.6 Å². The molecule has 66 valence electrons. The van der Waals surface area contributed by atoms with Crippen molar-refractivity contribution in [1.82, 2.24) is 0 Å². The van der Waals surface area contributed by atoms with Crippen molar-refractivity contribution >= 4 is 5.78 Å². The number of ketones is 1. The lowest BCUT2D eigenvalue weighted by Crippen LogP contribution is -2.25. The van der Waals surface area contributed by atoms with E-state index in [1.165, 1.54) is 5.57 Å². The minimum Gasteiger partial charge on any atom is -0.374 e. The van der Waals surface area contributed by atoms with Gasteiger partial charge in [0.15, 0.2) is 5.78 Å². The Bertz CT molecular complexity index is 255. The number of carbonyl (C=O) groups is 1. The topological polar surface area (TPSA) is 26.3 Å². The Balaban J connectivity index is 2.32. The van der Waals surface area contributed by atoms with E-state index in [4.69, 9.17) is 4.74 Å². The molecule has 2 heteroatoms. The first kappa shape index (κ1) is 7.99. The van der Waals surface area contributed by atoms with Gasteiger partial charge in [-0.25, -0.2) is 0 Å². The molecule has 2 nitrogen and oxygen atoms in total. The first-order valence-electron chi connectivity index (χ1n) is 4.46. The van der Waals surface area contributed by atoms with Crippen LogP contribution in [0.2, 0.25) is 0 Å². The van der Waals surface area contributed by atoms with Gasteiger partial charge in [0.05, 0.1) is 5.60 Å². The number of fused-ring (bicyclic) bond motifs is 1. The number of ether oxygens (including phenoxy) is 1. The zero-order chi connectivity index (χ0) is 8.77. The minimum absolute atomic E-state index is 0.142. The molecule has 2 aliphatic rings. The second kappa shape index (κ2) is 2.43. The Morgan fingerprint density at radius 3 is 3.08 bits per heavy atom. The van der Waals surface area contributed by atoms with Crippen molar-refractivity contribution < 1.29 is 9.53 Å². The summed E-state index contributed by atoms with van der Waals surface area (Å²) in [4.78, 5) is 11.1. The normalized spacial score (nSPS) is 40.0. The van der Waals surface area contributed by atoms with Crippen molar-refractivity contribution in [2.24, 2.45) is 5.92 Å². The Kier molecular flexibility index (Phi) is 1.62. The van der Waals surface area contributed by atoms with Gasteiger partial charge in [-0.3, -0.25) is 4.79 Å². The standard InChI is InChI=1S/C10H14O2/c1-10(12-2)4-3-7-5-8(11)6-9(7)10/h6-7H,3-5H2,1-2H3/t7-,10-/m1/s1. The van der Waals surface area contributed by atoms with Gasteiger partial charge in [0.2, 0.25) is 0 Å². The molecular formula is C10H14O2. The third kappa shape index (κ3) is 0.944. The van der Waals surface area contributed by atoms with Gasteiger partial charge in [-0.2, -0.15) is 0 Å². The van der Waals surface area contributed by atoms with E-state index in [2.05, 4.69) is 6.92 Å². The second-order valence-corrected chi connectivity index (χ2v) is 3.94. The van der Waals surface area contributed by atoms with Gasteiger partial charge in [-0.15, -0.1) is 0 Å². The van der Waals surface area contributed by atoms with Gasteiger partial charge < -0.3 is 4.74 Å². The average Bonchev–Trinajstić information content (AvgIpc) is 2.53. The molecule has 2 aliphatic carbocycles. The fraction of sp³-hybridized carbons (Fsp3) is 0.700. The van der Waals surface area contributed by atoms with Crippen molar-refractivity contribution in [1.29, 1.82) is 0 Å². The molecule has 0 heterocycles. The van der Waals surface area contributed by atoms with Crippen molar-refractivity contribution in [3.8, 4) is 0 Å². The maximum Gasteiger partial charge on any atom is 0.156 e. The first-order chi connectivity index (χ1) is 5.65. The van der Waals surface area contributed by atoms with E-state index < -0.39 is 0 Å². The van der Waals surface area contributed by atoms with Gasteiger partial charge in [0.25, 0.3) is 0 Å². The van der Waals surface area contributed by atoms with E-state index >= 15 is 0 Å². The predicted octanol–water partition coefficient (Wildman–Crippen LogP) is 1.70. The second-order valence-electron chi connectivity index (χ2n) is 3.94. The fourth-order valence-electron chi connectivity index (χ4n) is 2.36. The Morgan fingerprint density at radius 1 is 1.67 bits per heavy atom. The van der Waals surface area contributed by atoms with Crippen LogP contribution in [0.1, 0.15) is 26.2 Å². The highest BCUT2D eigenvalue weighted by Crippen LogP contribution is 2.46. The molecule has 2 rings (SSSR count). The number of allylic oxidation sites excluding steroid dienone is 1. The lowest BCUT2D eigenvalue weighted by atomic mass is 9.97. The van der Waals surface area contributed by atoms with Crippen LogP contribution in [0.4, 0.5) is 0 Å². The molecule has 0 bridgehead atoms. The van der Waals surface area contributed by atoms with Crippen LogP contribution < -0.4 is 0 Å². The summed E-state index contributed by atoms with van der Waals surface area (Å²) in [6.45, 7) is 2.08. The lowest BCUT2D eigenvalue weighted by molar-refractivity contribution is -0.114. The van der Waals surface area contributed by atoms with Crippen molar-refractivity contribution in [3.63, 3.8) is 0 Å². The number of carbonyl (C=O) groups excluding carboxylic acids is 1. The van der Waals surface area contributed by atoms with E-state index in [9.17, 15) is 4.79 Å². The van der Waals surface area contributed by atoms with E-state index in [0.29, 0.717) is 12.3 Å². The summed E-state index contributed by atoms with van der Waals surface area (Å²) in [6.07, 6.45) is 4.69. The van der Waals surface area contributed by atoms with E-state index in [-0.39, 0.29) is 11.4 Å². The number of hydrogen-bond donors (Lipinski definition) is 0. The largest absolute Gasteiger partial charge is 0.374 e. The molecule has 0 N–H and O–H groups in total. The smallest absolute Gasteiger partial charge is 0.156 e. The summed E-state index contributed by atoms with van der Waals surface area (Å²) >= 11 is 0. The Morgan fingerprint density at radius 2 is 2.42 bits per heavy atom. The maximum atomic E-state index is 11.1. The molecule has 0 aromatic rings. The monoisotopic (exact) mass is 166 g/mol. The highest BCUT2D eigenvalue weighted by Gasteiger charge is 2.43. The molecule has 12 heavy (non-hydrogen) atoms. The zero-order valence-corrected chi connectivity index (χ0v) is 7.59. The zero-order valence-electron chi connectivity index (χ0n) is 7.59. The van der Waals surface area contributed by atoms with Crippen LogP contribution in [0.5, 0.6) is 0 Å². The molecule has 2 atom stereocenters. The fourth-order valence-corrected chi connectivity index (χ4v) is 2.36. The van der Waals surface area contributed by atoms with Gasteiger partial charge >= 0.3 is 0 Å². The lowest BCUT2D eigenvalue weighted by Gasteiger charge is -2.23. The molecule has 0 amide bonds. The average molecular weight is 166 g/mol. The molecule has 0 spiro atoms. The third-order valence-corrected chi connectivity index (χ3v) is 3.23. The van der Waals surface area contributed by atoms with Crippen LogP contribution in [-0.2, 0) is 9.53 Å². The van der Waals surface area contributed by atoms with Crippen LogP contribution in [-0.4, -0.2) is 18.5 Å². The molecule has 0 aliphatic heterocycles. The van der Waals surface area contributed by atoms with Crippen molar-refractivity contribution in [3.05, 3.63) is 11.6 Å². The van der Waals surface area contributed by atoms with Crippen molar-refractivity contribution in [2.45, 2.75) is 31.8 Å². The summed E-state index contributed by atoms with van der Waals surface area (Å²) in [6, 6.07) is 0. The van der Waals surface area contributed by atoms with Crippen LogP contribution in [0, 0.1) is 5.92 Å². The SMILES string of the molecule is CO[C@]1(C)CC[C@@H]2CC(=O)C=C21. The highest BCUT2D eigenvalue weighted by atomic mass is 16.5. The molecule has 0 aromatic heterocycles. The van der Waals surface area contributed by atoms with Crippen LogP contribution in [0.25, 0.3) is 0 Å². The molecule has 1 fully saturated rings. The van der Waals surface area contributed by atoms with Gasteiger partial charge in [-0.1, -0.05) is 0 Å². The molecule has 0 unspecified atom stereocenters. The summed E-state index contributed by atoms with van der Waals surface area (Å²) in [5, 5.41) is 0. The number of hydrogen-bond acceptors (Lipinski definition) is 2. The Hall–Kier alpha value is -0.630.